The summed E-state index contributed by atoms with van der Waals surface area (Å²) in [6.45, 7) is 6.83. The highest BCUT2D eigenvalue weighted by Crippen LogP contribution is 2.66. The van der Waals surface area contributed by atoms with Gasteiger partial charge in [0.05, 0.1) is 11.2 Å². The zero-order valence-electron chi connectivity index (χ0n) is 22.0. The molecule has 0 aliphatic heterocycles. The zero-order chi connectivity index (χ0) is 26.4. The Morgan fingerprint density at radius 2 is 1.81 bits per heavy atom. The van der Waals surface area contributed by atoms with Crippen LogP contribution in [-0.4, -0.2) is 40.0 Å². The maximum Gasteiger partial charge on any atom is 0.335 e. The van der Waals surface area contributed by atoms with Gasteiger partial charge in [0.25, 0.3) is 5.91 Å². The highest BCUT2D eigenvalue weighted by atomic mass is 16.6. The van der Waals surface area contributed by atoms with Crippen molar-refractivity contribution in [1.82, 2.24) is 5.32 Å². The van der Waals surface area contributed by atoms with Crippen LogP contribution < -0.4 is 5.32 Å². The van der Waals surface area contributed by atoms with Crippen molar-refractivity contribution in [3.63, 3.8) is 0 Å². The molecule has 7 heteroatoms. The predicted octanol–water partition coefficient (Wildman–Crippen LogP) is 4.86. The second-order valence-corrected chi connectivity index (χ2v) is 12.0. The summed E-state index contributed by atoms with van der Waals surface area (Å²) >= 11 is 0. The summed E-state index contributed by atoms with van der Waals surface area (Å²) in [7, 11) is 0. The van der Waals surface area contributed by atoms with E-state index in [2.05, 4.69) is 36.5 Å². The lowest BCUT2D eigenvalue weighted by Crippen LogP contribution is -2.53. The van der Waals surface area contributed by atoms with Gasteiger partial charge in [-0.1, -0.05) is 42.8 Å². The largest absolute Gasteiger partial charge is 0.478 e. The lowest BCUT2D eigenvalue weighted by atomic mass is 9.47. The fourth-order valence-corrected chi connectivity index (χ4v) is 7.69. The van der Waals surface area contributed by atoms with Crippen molar-refractivity contribution >= 4 is 17.6 Å². The van der Waals surface area contributed by atoms with Crippen molar-refractivity contribution < 1.29 is 24.6 Å². The average molecular weight is 507 g/mol. The third-order valence-corrected chi connectivity index (χ3v) is 10.2. The van der Waals surface area contributed by atoms with Crippen LogP contribution in [0.1, 0.15) is 75.2 Å². The molecule has 6 atom stereocenters. The minimum atomic E-state index is -0.979. The van der Waals surface area contributed by atoms with Gasteiger partial charge in [-0.25, -0.2) is 4.79 Å². The average Bonchev–Trinajstić information content (AvgIpc) is 3.11. The van der Waals surface area contributed by atoms with Gasteiger partial charge < -0.3 is 20.4 Å². The lowest BCUT2D eigenvalue weighted by Gasteiger charge is -2.58. The topological polar surface area (TPSA) is 108 Å². The van der Waals surface area contributed by atoms with E-state index in [0.717, 1.165) is 49.8 Å². The fraction of sp³-hybridized carbons (Fsp3) is 0.567. The number of aliphatic hydroxyl groups is 1. The molecule has 7 nitrogen and oxygen atoms in total. The SMILES string of the molecule is C[C@]12C=C/C(=N\OCC(=O)NCc3ccc(C(=O)O)cc3)C=C1CC[C@@H]1[C@@H]2CC[C@@]2(C)[C@H]1CC[C@]2(C)O. The van der Waals surface area contributed by atoms with Crippen LogP contribution in [0.4, 0.5) is 0 Å². The summed E-state index contributed by atoms with van der Waals surface area (Å²) in [5.41, 5.74) is 2.61. The quantitative estimate of drug-likeness (QED) is 0.478. The number of rotatable bonds is 6. The minimum absolute atomic E-state index is 0.00523. The number of allylic oxidation sites excluding steroid dienone is 4. The van der Waals surface area contributed by atoms with Gasteiger partial charge >= 0.3 is 5.97 Å². The number of nitrogens with one attached hydrogen (secondary N) is 1. The number of benzene rings is 1. The minimum Gasteiger partial charge on any atom is -0.478 e. The first-order valence-electron chi connectivity index (χ1n) is 13.4. The number of hydrogen-bond donors (Lipinski definition) is 3. The number of carbonyl (C=O) groups excluding carboxylic acids is 1. The summed E-state index contributed by atoms with van der Waals surface area (Å²) in [5, 5.41) is 27.1. The molecule has 37 heavy (non-hydrogen) atoms. The van der Waals surface area contributed by atoms with Gasteiger partial charge in [0.1, 0.15) is 5.71 Å². The van der Waals surface area contributed by atoms with Crippen LogP contribution in [0.15, 0.2) is 53.2 Å². The molecule has 4 aliphatic carbocycles. The van der Waals surface area contributed by atoms with E-state index in [-0.39, 0.29) is 28.9 Å². The molecule has 0 heterocycles. The Morgan fingerprint density at radius 1 is 1.08 bits per heavy atom. The van der Waals surface area contributed by atoms with Crippen molar-refractivity contribution in [2.75, 3.05) is 6.61 Å². The van der Waals surface area contributed by atoms with E-state index in [0.29, 0.717) is 24.3 Å². The molecule has 1 aromatic carbocycles. The Hall–Kier alpha value is -2.93. The predicted molar refractivity (Wildman–Crippen MR) is 141 cm³/mol. The molecule has 0 unspecified atom stereocenters. The van der Waals surface area contributed by atoms with E-state index in [1.807, 2.05) is 13.0 Å². The molecule has 0 bridgehead atoms. The number of carboxylic acid groups (broad SMARTS) is 1. The van der Waals surface area contributed by atoms with E-state index >= 15 is 0 Å². The standard InChI is InChI=1S/C30H38N2O5/c1-28-13-10-22(32-37-18-26(33)31-17-19-4-6-20(7-5-19)27(34)35)16-21(28)8-9-23-24(28)11-14-29(2)25(23)12-15-30(29,3)36/h4-7,10,13,16,23-25,36H,8-9,11-12,14-15,17-18H2,1-3H3,(H,31,33)(H,34,35)/b32-22+/t23-,24+,25+,28+,29+,30+/m1/s1. The highest BCUT2D eigenvalue weighted by Gasteiger charge is 2.61. The molecular weight excluding hydrogens is 468 g/mol. The first-order valence-corrected chi connectivity index (χ1v) is 13.4. The van der Waals surface area contributed by atoms with E-state index in [4.69, 9.17) is 9.94 Å². The smallest absolute Gasteiger partial charge is 0.335 e. The third kappa shape index (κ3) is 4.52. The van der Waals surface area contributed by atoms with Crippen LogP contribution in [0.25, 0.3) is 0 Å². The van der Waals surface area contributed by atoms with Gasteiger partial charge in [0, 0.05) is 12.0 Å². The number of nitrogens with zero attached hydrogens (tertiary/aromatic N) is 1. The molecule has 0 radical (unpaired) electrons. The van der Waals surface area contributed by atoms with E-state index in [1.165, 1.54) is 17.7 Å². The van der Waals surface area contributed by atoms with Crippen molar-refractivity contribution in [2.45, 2.75) is 71.4 Å². The molecule has 5 rings (SSSR count). The summed E-state index contributed by atoms with van der Waals surface area (Å²) in [6.07, 6.45) is 12.9. The maximum absolute atomic E-state index is 12.2. The van der Waals surface area contributed by atoms with E-state index < -0.39 is 11.6 Å². The number of carbonyl (C=O) groups is 2. The number of fused-ring (bicyclic) bond motifs is 5. The molecule has 0 aromatic heterocycles. The Kier molecular flexibility index (Phi) is 6.55. The van der Waals surface area contributed by atoms with Crippen LogP contribution in [0.3, 0.4) is 0 Å². The molecule has 3 saturated carbocycles. The van der Waals surface area contributed by atoms with Gasteiger partial charge in [-0.2, -0.15) is 0 Å². The van der Waals surface area contributed by atoms with Gasteiger partial charge in [0.2, 0.25) is 0 Å². The van der Waals surface area contributed by atoms with E-state index in [1.54, 1.807) is 12.1 Å². The van der Waals surface area contributed by atoms with Crippen LogP contribution in [0.5, 0.6) is 0 Å². The van der Waals surface area contributed by atoms with Crippen LogP contribution in [0, 0.1) is 28.6 Å². The second kappa shape index (κ2) is 9.43. The molecule has 0 spiro atoms. The van der Waals surface area contributed by atoms with Gasteiger partial charge in [-0.05, 0) is 98.5 Å². The summed E-state index contributed by atoms with van der Waals surface area (Å²) in [4.78, 5) is 28.5. The number of aromatic carboxylic acids is 1. The molecule has 0 saturated heterocycles. The second-order valence-electron chi connectivity index (χ2n) is 12.0. The van der Waals surface area contributed by atoms with Crippen molar-refractivity contribution in [3.8, 4) is 0 Å². The maximum atomic E-state index is 12.2. The van der Waals surface area contributed by atoms with Crippen LogP contribution in [-0.2, 0) is 16.2 Å². The Balaban J connectivity index is 1.17. The highest BCUT2D eigenvalue weighted by molar-refractivity contribution is 6.05. The summed E-state index contributed by atoms with van der Waals surface area (Å²) in [6, 6.07) is 6.38. The first kappa shape index (κ1) is 25.7. The van der Waals surface area contributed by atoms with Crippen LogP contribution >= 0.6 is 0 Å². The lowest BCUT2D eigenvalue weighted by molar-refractivity contribution is -0.125. The van der Waals surface area contributed by atoms with E-state index in [9.17, 15) is 14.7 Å². The zero-order valence-corrected chi connectivity index (χ0v) is 22.0. The van der Waals surface area contributed by atoms with Gasteiger partial charge in [0.15, 0.2) is 6.61 Å². The third-order valence-electron chi connectivity index (χ3n) is 10.2. The molecule has 4 aliphatic rings. The van der Waals surface area contributed by atoms with Gasteiger partial charge in [-0.15, -0.1) is 0 Å². The molecule has 198 valence electrons. The van der Waals surface area contributed by atoms with Crippen LogP contribution in [0.2, 0.25) is 0 Å². The summed E-state index contributed by atoms with van der Waals surface area (Å²) in [5.74, 6) is 0.530. The number of amides is 1. The monoisotopic (exact) mass is 506 g/mol. The Labute approximate surface area is 218 Å². The molecule has 3 N–H and O–H groups in total. The molecule has 1 amide bonds. The molecule has 3 fully saturated rings. The Bertz CT molecular complexity index is 1170. The number of carboxylic acids is 1. The summed E-state index contributed by atoms with van der Waals surface area (Å²) < 4.78 is 0. The molecule has 1 aromatic rings. The Morgan fingerprint density at radius 3 is 2.54 bits per heavy atom. The van der Waals surface area contributed by atoms with Gasteiger partial charge in [-0.3, -0.25) is 4.79 Å². The normalized spacial score (nSPS) is 37.2. The first-order chi connectivity index (χ1) is 17.5. The van der Waals surface area contributed by atoms with Crippen molar-refractivity contribution in [3.05, 3.63) is 59.2 Å². The fourth-order valence-electron chi connectivity index (χ4n) is 7.69. The van der Waals surface area contributed by atoms with Crippen molar-refractivity contribution in [2.24, 2.45) is 33.7 Å². The number of oxime groups is 1. The molecular formula is C30H38N2O5. The number of hydrogen-bond acceptors (Lipinski definition) is 5. The van der Waals surface area contributed by atoms with Crippen molar-refractivity contribution in [1.29, 1.82) is 0 Å².